The summed E-state index contributed by atoms with van der Waals surface area (Å²) in [6.07, 6.45) is 5.39. The number of rotatable bonds is 5. The van der Waals surface area contributed by atoms with Crippen molar-refractivity contribution in [1.29, 1.82) is 0 Å². The molecule has 2 aromatic rings. The molecular formula is C18H24N4O3. The van der Waals surface area contributed by atoms with E-state index in [0.717, 1.165) is 30.0 Å². The third-order valence-corrected chi connectivity index (χ3v) is 4.04. The molecule has 0 saturated carbocycles. The van der Waals surface area contributed by atoms with Crippen molar-refractivity contribution in [3.63, 3.8) is 0 Å². The molecule has 0 aromatic carbocycles. The molecule has 2 atom stereocenters. The summed E-state index contributed by atoms with van der Waals surface area (Å²) in [5, 5.41) is 5.60. The molecule has 0 bridgehead atoms. The van der Waals surface area contributed by atoms with E-state index in [1.54, 1.807) is 18.7 Å². The van der Waals surface area contributed by atoms with Gasteiger partial charge in [-0.05, 0) is 31.5 Å². The van der Waals surface area contributed by atoms with Crippen LogP contribution in [0.1, 0.15) is 25.0 Å². The number of pyridine rings is 1. The van der Waals surface area contributed by atoms with Gasteiger partial charge < -0.3 is 24.7 Å². The molecule has 0 radical (unpaired) electrons. The number of carbonyl (C=O) groups is 1. The van der Waals surface area contributed by atoms with E-state index in [1.807, 2.05) is 18.2 Å². The summed E-state index contributed by atoms with van der Waals surface area (Å²) in [4.78, 5) is 18.6. The largest absolute Gasteiger partial charge is 0.472 e. The zero-order valence-corrected chi connectivity index (χ0v) is 14.6. The number of furan rings is 1. The maximum Gasteiger partial charge on any atom is 0.315 e. The number of aromatic nitrogens is 1. The molecule has 3 heterocycles. The van der Waals surface area contributed by atoms with Gasteiger partial charge in [-0.1, -0.05) is 6.07 Å². The summed E-state index contributed by atoms with van der Waals surface area (Å²) in [6, 6.07) is 5.58. The Labute approximate surface area is 147 Å². The molecule has 0 unspecified atom stereocenters. The van der Waals surface area contributed by atoms with Crippen LogP contribution in [0, 0.1) is 0 Å². The Bertz CT molecular complexity index is 662. The lowest BCUT2D eigenvalue weighted by atomic mass is 10.2. The van der Waals surface area contributed by atoms with Gasteiger partial charge in [-0.2, -0.15) is 0 Å². The van der Waals surface area contributed by atoms with Gasteiger partial charge in [-0.3, -0.25) is 0 Å². The van der Waals surface area contributed by atoms with E-state index in [4.69, 9.17) is 9.15 Å². The van der Waals surface area contributed by atoms with Gasteiger partial charge in [0.25, 0.3) is 0 Å². The van der Waals surface area contributed by atoms with Crippen LogP contribution in [0.5, 0.6) is 0 Å². The normalized spacial score (nSPS) is 20.3. The average molecular weight is 344 g/mol. The minimum Gasteiger partial charge on any atom is -0.472 e. The summed E-state index contributed by atoms with van der Waals surface area (Å²) < 4.78 is 10.7. The van der Waals surface area contributed by atoms with E-state index >= 15 is 0 Å². The van der Waals surface area contributed by atoms with Crippen LogP contribution in [0.3, 0.4) is 0 Å². The molecule has 1 saturated heterocycles. The van der Waals surface area contributed by atoms with Gasteiger partial charge in [0.2, 0.25) is 0 Å². The van der Waals surface area contributed by atoms with Crippen molar-refractivity contribution >= 4 is 11.8 Å². The SMILES string of the molecule is C[C@H]1CN(c2ccc(CNC(=O)NCc3ccoc3)cn2)C[C@H](C)O1. The first kappa shape index (κ1) is 17.3. The fourth-order valence-electron chi connectivity index (χ4n) is 2.89. The molecule has 7 nitrogen and oxygen atoms in total. The molecule has 0 aliphatic carbocycles. The lowest BCUT2D eigenvalue weighted by Gasteiger charge is -2.36. The molecule has 2 N–H and O–H groups in total. The average Bonchev–Trinajstić information content (AvgIpc) is 3.11. The number of amides is 2. The van der Waals surface area contributed by atoms with Crippen LogP contribution in [-0.4, -0.2) is 36.3 Å². The van der Waals surface area contributed by atoms with Crippen LogP contribution in [0.15, 0.2) is 41.3 Å². The van der Waals surface area contributed by atoms with Gasteiger partial charge in [0, 0.05) is 37.9 Å². The van der Waals surface area contributed by atoms with Gasteiger partial charge in [0.05, 0.1) is 24.7 Å². The van der Waals surface area contributed by atoms with Crippen molar-refractivity contribution in [3.05, 3.63) is 48.0 Å². The van der Waals surface area contributed by atoms with Crippen LogP contribution in [0.4, 0.5) is 10.6 Å². The number of hydrogen-bond acceptors (Lipinski definition) is 5. The van der Waals surface area contributed by atoms with Gasteiger partial charge in [0.15, 0.2) is 0 Å². The molecule has 0 spiro atoms. The summed E-state index contributed by atoms with van der Waals surface area (Å²) >= 11 is 0. The molecule has 3 rings (SSSR count). The topological polar surface area (TPSA) is 79.6 Å². The molecular weight excluding hydrogens is 320 g/mol. The lowest BCUT2D eigenvalue weighted by molar-refractivity contribution is -0.00546. The minimum absolute atomic E-state index is 0.200. The van der Waals surface area contributed by atoms with Gasteiger partial charge in [-0.15, -0.1) is 0 Å². The van der Waals surface area contributed by atoms with Crippen molar-refractivity contribution in [3.8, 4) is 0 Å². The minimum atomic E-state index is -0.221. The zero-order valence-electron chi connectivity index (χ0n) is 14.6. The van der Waals surface area contributed by atoms with Gasteiger partial charge >= 0.3 is 6.03 Å². The number of carbonyl (C=O) groups excluding carboxylic acids is 1. The number of morpholine rings is 1. The molecule has 1 aliphatic rings. The number of anilines is 1. The first-order chi connectivity index (χ1) is 12.1. The van der Waals surface area contributed by atoms with Gasteiger partial charge in [-0.25, -0.2) is 9.78 Å². The second-order valence-electron chi connectivity index (χ2n) is 6.35. The second kappa shape index (κ2) is 8.02. The fraction of sp³-hybridized carbons (Fsp3) is 0.444. The lowest BCUT2D eigenvalue weighted by Crippen LogP contribution is -2.45. The van der Waals surface area contributed by atoms with E-state index in [0.29, 0.717) is 13.1 Å². The predicted molar refractivity (Wildman–Crippen MR) is 94.2 cm³/mol. The van der Waals surface area contributed by atoms with E-state index in [2.05, 4.69) is 34.4 Å². The van der Waals surface area contributed by atoms with Crippen LogP contribution >= 0.6 is 0 Å². The maximum atomic E-state index is 11.8. The summed E-state index contributed by atoms with van der Waals surface area (Å²) in [5.74, 6) is 0.940. The van der Waals surface area contributed by atoms with E-state index < -0.39 is 0 Å². The number of hydrogen-bond donors (Lipinski definition) is 2. The fourth-order valence-corrected chi connectivity index (χ4v) is 2.89. The Kier molecular flexibility index (Phi) is 5.55. The smallest absolute Gasteiger partial charge is 0.315 e. The second-order valence-corrected chi connectivity index (χ2v) is 6.35. The molecule has 25 heavy (non-hydrogen) atoms. The molecule has 1 aliphatic heterocycles. The quantitative estimate of drug-likeness (QED) is 0.870. The zero-order chi connectivity index (χ0) is 17.6. The Morgan fingerprint density at radius 1 is 1.16 bits per heavy atom. The Morgan fingerprint density at radius 2 is 1.88 bits per heavy atom. The molecule has 134 valence electrons. The third-order valence-electron chi connectivity index (χ3n) is 4.04. The first-order valence-corrected chi connectivity index (χ1v) is 8.48. The predicted octanol–water partition coefficient (Wildman–Crippen LogP) is 2.29. The number of urea groups is 1. The first-order valence-electron chi connectivity index (χ1n) is 8.48. The maximum absolute atomic E-state index is 11.8. The Hall–Kier alpha value is -2.54. The Balaban J connectivity index is 1.46. The number of nitrogens with one attached hydrogen (secondary N) is 2. The highest BCUT2D eigenvalue weighted by Crippen LogP contribution is 2.18. The molecule has 1 fully saturated rings. The van der Waals surface area contributed by atoms with E-state index in [-0.39, 0.29) is 18.2 Å². The highest BCUT2D eigenvalue weighted by Gasteiger charge is 2.22. The van der Waals surface area contributed by atoms with Crippen LogP contribution in [0.25, 0.3) is 0 Å². The van der Waals surface area contributed by atoms with Crippen molar-refractivity contribution in [2.45, 2.75) is 39.1 Å². The van der Waals surface area contributed by atoms with Crippen molar-refractivity contribution in [1.82, 2.24) is 15.6 Å². The monoisotopic (exact) mass is 344 g/mol. The highest BCUT2D eigenvalue weighted by atomic mass is 16.5. The van der Waals surface area contributed by atoms with Crippen molar-refractivity contribution < 1.29 is 13.9 Å². The molecule has 2 amide bonds. The summed E-state index contributed by atoms with van der Waals surface area (Å²) in [6.45, 7) is 6.69. The Morgan fingerprint density at radius 3 is 2.48 bits per heavy atom. The summed E-state index contributed by atoms with van der Waals surface area (Å²) in [7, 11) is 0. The number of ether oxygens (including phenoxy) is 1. The third kappa shape index (κ3) is 4.96. The van der Waals surface area contributed by atoms with Crippen LogP contribution in [-0.2, 0) is 17.8 Å². The number of nitrogens with zero attached hydrogens (tertiary/aromatic N) is 2. The highest BCUT2D eigenvalue weighted by molar-refractivity contribution is 5.73. The molecule has 7 heteroatoms. The standard InChI is InChI=1S/C18H24N4O3/c1-13-10-22(11-14(2)25-13)17-4-3-15(7-19-17)8-20-18(23)21-9-16-5-6-24-12-16/h3-7,12-14H,8-11H2,1-2H3,(H2,20,21,23)/t13-,14-/m0/s1. The van der Waals surface area contributed by atoms with E-state index in [9.17, 15) is 4.79 Å². The van der Waals surface area contributed by atoms with E-state index in [1.165, 1.54) is 0 Å². The van der Waals surface area contributed by atoms with Crippen LogP contribution in [0.2, 0.25) is 0 Å². The molecule has 2 aromatic heterocycles. The van der Waals surface area contributed by atoms with Crippen molar-refractivity contribution in [2.24, 2.45) is 0 Å². The van der Waals surface area contributed by atoms with Gasteiger partial charge in [0.1, 0.15) is 5.82 Å². The summed E-state index contributed by atoms with van der Waals surface area (Å²) in [5.41, 5.74) is 1.88. The van der Waals surface area contributed by atoms with Crippen molar-refractivity contribution in [2.75, 3.05) is 18.0 Å². The van der Waals surface area contributed by atoms with Crippen LogP contribution < -0.4 is 15.5 Å².